The van der Waals surface area contributed by atoms with E-state index in [0.29, 0.717) is 24.9 Å². The first kappa shape index (κ1) is 11.9. The highest BCUT2D eigenvalue weighted by molar-refractivity contribution is 5.40. The molecule has 0 N–H and O–H groups in total. The summed E-state index contributed by atoms with van der Waals surface area (Å²) in [5, 5.41) is 0. The van der Waals surface area contributed by atoms with Gasteiger partial charge in [0, 0.05) is 25.2 Å². The Hall–Kier alpha value is -1.20. The van der Waals surface area contributed by atoms with Crippen molar-refractivity contribution in [2.75, 3.05) is 31.2 Å². The van der Waals surface area contributed by atoms with Crippen LogP contribution in [0.25, 0.3) is 0 Å². The zero-order valence-corrected chi connectivity index (χ0v) is 10.2. The van der Waals surface area contributed by atoms with Crippen LogP contribution in [0, 0.1) is 11.7 Å². The van der Waals surface area contributed by atoms with Crippen LogP contribution in [0.5, 0.6) is 0 Å². The monoisotopic (exact) mass is 252 g/mol. The molecule has 0 spiro atoms. The lowest BCUT2D eigenvalue weighted by Gasteiger charge is -2.35. The Morgan fingerprint density at radius 1 is 1.33 bits per heavy atom. The molecule has 1 atom stereocenters. The number of pyridine rings is 1. The molecule has 2 saturated heterocycles. The molecule has 2 aliphatic heterocycles. The summed E-state index contributed by atoms with van der Waals surface area (Å²) in [6.07, 6.45) is 3.59. The molecule has 3 heterocycles. The SMILES string of the molecule is Fc1cccnc1N1CCCC(C2OCCO2)C1. The van der Waals surface area contributed by atoms with E-state index in [-0.39, 0.29) is 12.1 Å². The minimum atomic E-state index is -0.258. The normalized spacial score (nSPS) is 25.6. The Morgan fingerprint density at radius 3 is 2.94 bits per heavy atom. The molecule has 0 aliphatic carbocycles. The van der Waals surface area contributed by atoms with Gasteiger partial charge < -0.3 is 14.4 Å². The zero-order chi connectivity index (χ0) is 12.4. The number of hydrogen-bond donors (Lipinski definition) is 0. The third-order valence-electron chi connectivity index (χ3n) is 3.53. The molecule has 0 radical (unpaired) electrons. The summed E-state index contributed by atoms with van der Waals surface area (Å²) >= 11 is 0. The molecule has 3 rings (SSSR count). The summed E-state index contributed by atoms with van der Waals surface area (Å²) in [6.45, 7) is 2.92. The first-order valence-corrected chi connectivity index (χ1v) is 6.43. The first-order valence-electron chi connectivity index (χ1n) is 6.43. The largest absolute Gasteiger partial charge is 0.354 e. The van der Waals surface area contributed by atoms with E-state index in [4.69, 9.17) is 9.47 Å². The third-order valence-corrected chi connectivity index (χ3v) is 3.53. The molecular formula is C13H17FN2O2. The standard InChI is InChI=1S/C13H17FN2O2/c14-11-4-1-5-15-12(11)16-6-2-3-10(9-16)13-17-7-8-18-13/h1,4-5,10,13H,2-3,6-9H2. The second-order valence-corrected chi connectivity index (χ2v) is 4.77. The molecule has 1 aromatic rings. The molecule has 5 heteroatoms. The molecule has 2 fully saturated rings. The van der Waals surface area contributed by atoms with E-state index in [1.807, 2.05) is 4.90 Å². The Bertz CT molecular complexity index is 410. The van der Waals surface area contributed by atoms with Crippen molar-refractivity contribution in [2.45, 2.75) is 19.1 Å². The summed E-state index contributed by atoms with van der Waals surface area (Å²) in [7, 11) is 0. The van der Waals surface area contributed by atoms with Gasteiger partial charge in [0.25, 0.3) is 0 Å². The van der Waals surface area contributed by atoms with Gasteiger partial charge in [-0.3, -0.25) is 0 Å². The fourth-order valence-corrected chi connectivity index (χ4v) is 2.68. The van der Waals surface area contributed by atoms with Crippen molar-refractivity contribution in [3.63, 3.8) is 0 Å². The van der Waals surface area contributed by atoms with Crippen LogP contribution in [-0.2, 0) is 9.47 Å². The smallest absolute Gasteiger partial charge is 0.165 e. The quantitative estimate of drug-likeness (QED) is 0.804. The van der Waals surface area contributed by atoms with Crippen molar-refractivity contribution in [3.8, 4) is 0 Å². The van der Waals surface area contributed by atoms with Crippen molar-refractivity contribution in [3.05, 3.63) is 24.1 Å². The predicted octanol–water partition coefficient (Wildman–Crippen LogP) is 1.81. The molecule has 18 heavy (non-hydrogen) atoms. The molecule has 2 aliphatic rings. The maximum atomic E-state index is 13.7. The number of piperidine rings is 1. The number of ether oxygens (including phenoxy) is 2. The topological polar surface area (TPSA) is 34.6 Å². The van der Waals surface area contributed by atoms with E-state index < -0.39 is 0 Å². The van der Waals surface area contributed by atoms with E-state index in [9.17, 15) is 4.39 Å². The number of hydrogen-bond acceptors (Lipinski definition) is 4. The lowest BCUT2D eigenvalue weighted by atomic mass is 9.97. The Balaban J connectivity index is 1.72. The minimum absolute atomic E-state index is 0.125. The van der Waals surface area contributed by atoms with Gasteiger partial charge >= 0.3 is 0 Å². The second-order valence-electron chi connectivity index (χ2n) is 4.77. The third kappa shape index (κ3) is 2.33. The van der Waals surface area contributed by atoms with Crippen molar-refractivity contribution >= 4 is 5.82 Å². The van der Waals surface area contributed by atoms with Crippen LogP contribution < -0.4 is 4.90 Å². The van der Waals surface area contributed by atoms with Gasteiger partial charge in [0.1, 0.15) is 0 Å². The van der Waals surface area contributed by atoms with Gasteiger partial charge in [-0.15, -0.1) is 0 Å². The van der Waals surface area contributed by atoms with Gasteiger partial charge in [-0.25, -0.2) is 9.37 Å². The fourth-order valence-electron chi connectivity index (χ4n) is 2.68. The maximum absolute atomic E-state index is 13.7. The van der Waals surface area contributed by atoms with Gasteiger partial charge in [-0.1, -0.05) is 0 Å². The summed E-state index contributed by atoms with van der Waals surface area (Å²) < 4.78 is 24.8. The van der Waals surface area contributed by atoms with Gasteiger partial charge in [0.2, 0.25) is 0 Å². The number of halogens is 1. The fraction of sp³-hybridized carbons (Fsp3) is 0.615. The Morgan fingerprint density at radius 2 is 2.17 bits per heavy atom. The second kappa shape index (κ2) is 5.20. The zero-order valence-electron chi connectivity index (χ0n) is 10.2. The predicted molar refractivity (Wildman–Crippen MR) is 64.8 cm³/mol. The number of nitrogens with zero attached hydrogens (tertiary/aromatic N) is 2. The maximum Gasteiger partial charge on any atom is 0.165 e. The highest BCUT2D eigenvalue weighted by Gasteiger charge is 2.32. The highest BCUT2D eigenvalue weighted by atomic mass is 19.1. The van der Waals surface area contributed by atoms with Gasteiger partial charge in [-0.05, 0) is 25.0 Å². The molecule has 0 aromatic carbocycles. The summed E-state index contributed by atoms with van der Waals surface area (Å²) in [5.74, 6) is 0.495. The van der Waals surface area contributed by atoms with Crippen LogP contribution in [0.15, 0.2) is 18.3 Å². The summed E-state index contributed by atoms with van der Waals surface area (Å²) in [4.78, 5) is 6.13. The molecule has 4 nitrogen and oxygen atoms in total. The summed E-state index contributed by atoms with van der Waals surface area (Å²) in [6, 6.07) is 3.07. The van der Waals surface area contributed by atoms with Crippen LogP contribution in [0.1, 0.15) is 12.8 Å². The first-order chi connectivity index (χ1) is 8.84. The number of anilines is 1. The molecule has 98 valence electrons. The Labute approximate surface area is 106 Å². The van der Waals surface area contributed by atoms with Crippen LogP contribution in [0.4, 0.5) is 10.2 Å². The number of rotatable bonds is 2. The van der Waals surface area contributed by atoms with Gasteiger partial charge in [-0.2, -0.15) is 0 Å². The molecule has 1 aromatic heterocycles. The van der Waals surface area contributed by atoms with E-state index >= 15 is 0 Å². The van der Waals surface area contributed by atoms with Crippen molar-refractivity contribution < 1.29 is 13.9 Å². The molecular weight excluding hydrogens is 235 g/mol. The molecule has 1 unspecified atom stereocenters. The van der Waals surface area contributed by atoms with Crippen LogP contribution in [0.2, 0.25) is 0 Å². The van der Waals surface area contributed by atoms with Crippen LogP contribution in [-0.4, -0.2) is 37.6 Å². The highest BCUT2D eigenvalue weighted by Crippen LogP contribution is 2.28. The summed E-state index contributed by atoms with van der Waals surface area (Å²) in [5.41, 5.74) is 0. The van der Waals surface area contributed by atoms with Crippen molar-refractivity contribution in [2.24, 2.45) is 5.92 Å². The van der Waals surface area contributed by atoms with E-state index in [1.54, 1.807) is 12.3 Å². The molecule has 0 amide bonds. The van der Waals surface area contributed by atoms with E-state index in [1.165, 1.54) is 6.07 Å². The number of aromatic nitrogens is 1. The molecule has 0 bridgehead atoms. The van der Waals surface area contributed by atoms with Crippen molar-refractivity contribution in [1.82, 2.24) is 4.98 Å². The van der Waals surface area contributed by atoms with Crippen LogP contribution in [0.3, 0.4) is 0 Å². The average molecular weight is 252 g/mol. The lowest BCUT2D eigenvalue weighted by molar-refractivity contribution is -0.0859. The minimum Gasteiger partial charge on any atom is -0.354 e. The van der Waals surface area contributed by atoms with E-state index in [0.717, 1.165) is 25.9 Å². The lowest BCUT2D eigenvalue weighted by Crippen LogP contribution is -2.41. The average Bonchev–Trinajstić information content (AvgIpc) is 2.93. The van der Waals surface area contributed by atoms with Gasteiger partial charge in [0.05, 0.1) is 13.2 Å². The van der Waals surface area contributed by atoms with Gasteiger partial charge in [0.15, 0.2) is 17.9 Å². The van der Waals surface area contributed by atoms with Crippen LogP contribution >= 0.6 is 0 Å². The van der Waals surface area contributed by atoms with Crippen molar-refractivity contribution in [1.29, 1.82) is 0 Å². The Kier molecular flexibility index (Phi) is 3.43. The van der Waals surface area contributed by atoms with E-state index in [2.05, 4.69) is 4.98 Å². The molecule has 0 saturated carbocycles.